The van der Waals surface area contributed by atoms with Crippen LogP contribution < -0.4 is 0 Å². The summed E-state index contributed by atoms with van der Waals surface area (Å²) < 4.78 is 6.86. The highest BCUT2D eigenvalue weighted by Crippen LogP contribution is 2.25. The van der Waals surface area contributed by atoms with Crippen molar-refractivity contribution in [3.63, 3.8) is 0 Å². The molecule has 90 valence electrons. The van der Waals surface area contributed by atoms with E-state index in [1.807, 2.05) is 29.1 Å². The highest BCUT2D eigenvalue weighted by molar-refractivity contribution is 7.12. The van der Waals surface area contributed by atoms with Gasteiger partial charge in [0.15, 0.2) is 0 Å². The number of rotatable bonds is 4. The molecule has 0 unspecified atom stereocenters. The van der Waals surface area contributed by atoms with E-state index >= 15 is 0 Å². The van der Waals surface area contributed by atoms with Gasteiger partial charge in [-0.3, -0.25) is 4.68 Å². The minimum absolute atomic E-state index is 0.258. The smallest absolute Gasteiger partial charge is 0.348 e. The molecule has 0 aliphatic heterocycles. The lowest BCUT2D eigenvalue weighted by Gasteiger charge is -2.01. The molecule has 0 atom stereocenters. The number of nitrogens with zero attached hydrogens (tertiary/aromatic N) is 2. The fourth-order valence-electron chi connectivity index (χ4n) is 1.61. The molecule has 0 bridgehead atoms. The van der Waals surface area contributed by atoms with Crippen molar-refractivity contribution in [3.05, 3.63) is 28.6 Å². The molecule has 0 aromatic carbocycles. The number of hydrogen-bond donors (Lipinski definition) is 0. The van der Waals surface area contributed by atoms with Gasteiger partial charge in [-0.05, 0) is 26.0 Å². The number of thiophene rings is 1. The van der Waals surface area contributed by atoms with E-state index in [0.29, 0.717) is 11.5 Å². The molecule has 0 saturated carbocycles. The molecule has 0 amide bonds. The molecule has 0 N–H and O–H groups in total. The Hall–Kier alpha value is -1.62. The van der Waals surface area contributed by atoms with E-state index in [2.05, 4.69) is 5.10 Å². The Balaban J connectivity index is 2.27. The maximum atomic E-state index is 11.5. The molecule has 2 aromatic rings. The topological polar surface area (TPSA) is 44.1 Å². The zero-order valence-corrected chi connectivity index (χ0v) is 10.7. The number of aryl methyl sites for hydroxylation is 1. The van der Waals surface area contributed by atoms with E-state index in [-0.39, 0.29) is 5.97 Å². The molecule has 0 spiro atoms. The second-order valence-corrected chi connectivity index (χ2v) is 4.36. The summed E-state index contributed by atoms with van der Waals surface area (Å²) in [6, 6.07) is 3.80. The first-order valence-electron chi connectivity index (χ1n) is 5.54. The van der Waals surface area contributed by atoms with Gasteiger partial charge < -0.3 is 4.74 Å². The van der Waals surface area contributed by atoms with Crippen LogP contribution in [-0.2, 0) is 11.3 Å². The van der Waals surface area contributed by atoms with Crippen LogP contribution in [0.25, 0.3) is 11.3 Å². The zero-order valence-electron chi connectivity index (χ0n) is 9.84. The molecule has 17 heavy (non-hydrogen) atoms. The van der Waals surface area contributed by atoms with Crippen LogP contribution in [0, 0.1) is 0 Å². The molecule has 0 saturated heterocycles. The minimum Gasteiger partial charge on any atom is -0.462 e. The number of carbonyl (C=O) groups is 1. The van der Waals surface area contributed by atoms with Gasteiger partial charge in [-0.15, -0.1) is 11.3 Å². The van der Waals surface area contributed by atoms with Crippen LogP contribution >= 0.6 is 11.3 Å². The summed E-state index contributed by atoms with van der Waals surface area (Å²) >= 11 is 1.40. The van der Waals surface area contributed by atoms with Crippen LogP contribution in [0.15, 0.2) is 23.7 Å². The Kier molecular flexibility index (Phi) is 3.58. The van der Waals surface area contributed by atoms with Crippen molar-refractivity contribution in [2.45, 2.75) is 20.4 Å². The molecular formula is C12H14N2O2S. The Morgan fingerprint density at radius 1 is 1.53 bits per heavy atom. The summed E-state index contributed by atoms with van der Waals surface area (Å²) in [7, 11) is 0. The minimum atomic E-state index is -0.258. The summed E-state index contributed by atoms with van der Waals surface area (Å²) in [6.07, 6.45) is 1.76. The average Bonchev–Trinajstić information content (AvgIpc) is 2.97. The molecule has 0 aliphatic rings. The maximum absolute atomic E-state index is 11.5. The zero-order chi connectivity index (χ0) is 12.3. The van der Waals surface area contributed by atoms with Crippen LogP contribution in [0.1, 0.15) is 23.5 Å². The fourth-order valence-corrected chi connectivity index (χ4v) is 2.40. The van der Waals surface area contributed by atoms with Crippen molar-refractivity contribution in [2.75, 3.05) is 6.61 Å². The lowest BCUT2D eigenvalue weighted by atomic mass is 10.2. The summed E-state index contributed by atoms with van der Waals surface area (Å²) in [5.41, 5.74) is 2.04. The second kappa shape index (κ2) is 5.14. The Labute approximate surface area is 104 Å². The third-order valence-corrected chi connectivity index (χ3v) is 3.30. The van der Waals surface area contributed by atoms with Crippen molar-refractivity contribution in [1.82, 2.24) is 9.78 Å². The lowest BCUT2D eigenvalue weighted by molar-refractivity contribution is 0.0532. The number of hydrogen-bond acceptors (Lipinski definition) is 4. The molecule has 0 fully saturated rings. The van der Waals surface area contributed by atoms with E-state index < -0.39 is 0 Å². The third kappa shape index (κ3) is 2.39. The van der Waals surface area contributed by atoms with Crippen molar-refractivity contribution in [1.29, 1.82) is 0 Å². The third-order valence-electron chi connectivity index (χ3n) is 2.39. The quantitative estimate of drug-likeness (QED) is 0.784. The first-order chi connectivity index (χ1) is 8.26. The Morgan fingerprint density at radius 3 is 3.06 bits per heavy atom. The summed E-state index contributed by atoms with van der Waals surface area (Å²) in [5, 5.41) is 6.16. The molecule has 2 rings (SSSR count). The van der Waals surface area contributed by atoms with Gasteiger partial charge in [0.1, 0.15) is 4.88 Å². The van der Waals surface area contributed by atoms with Gasteiger partial charge in [0.25, 0.3) is 0 Å². The summed E-state index contributed by atoms with van der Waals surface area (Å²) in [6.45, 7) is 5.06. The number of aromatic nitrogens is 2. The van der Waals surface area contributed by atoms with E-state index in [0.717, 1.165) is 17.8 Å². The van der Waals surface area contributed by atoms with E-state index in [9.17, 15) is 4.79 Å². The molecule has 2 aromatic heterocycles. The van der Waals surface area contributed by atoms with Gasteiger partial charge in [-0.2, -0.15) is 5.10 Å². The van der Waals surface area contributed by atoms with Gasteiger partial charge in [0, 0.05) is 23.7 Å². The highest BCUT2D eigenvalue weighted by atomic mass is 32.1. The maximum Gasteiger partial charge on any atom is 0.348 e. The monoisotopic (exact) mass is 250 g/mol. The first-order valence-corrected chi connectivity index (χ1v) is 6.42. The Bertz CT molecular complexity index is 516. The normalized spacial score (nSPS) is 10.5. The molecule has 4 nitrogen and oxygen atoms in total. The van der Waals surface area contributed by atoms with E-state index in [1.54, 1.807) is 13.1 Å². The van der Waals surface area contributed by atoms with Crippen molar-refractivity contribution in [3.8, 4) is 11.3 Å². The van der Waals surface area contributed by atoms with Gasteiger partial charge in [0.05, 0.1) is 12.3 Å². The van der Waals surface area contributed by atoms with Gasteiger partial charge >= 0.3 is 5.97 Å². The van der Waals surface area contributed by atoms with E-state index in [4.69, 9.17) is 4.74 Å². The van der Waals surface area contributed by atoms with Crippen LogP contribution in [0.2, 0.25) is 0 Å². The van der Waals surface area contributed by atoms with Crippen LogP contribution in [-0.4, -0.2) is 22.4 Å². The SMILES string of the molecule is CCOC(=O)c1cc(-c2ccnn2CC)cs1. The number of esters is 1. The van der Waals surface area contributed by atoms with E-state index in [1.165, 1.54) is 11.3 Å². The molecule has 2 heterocycles. The molecular weight excluding hydrogens is 236 g/mol. The van der Waals surface area contributed by atoms with Gasteiger partial charge in [-0.25, -0.2) is 4.79 Å². The summed E-state index contributed by atoms with van der Waals surface area (Å²) in [4.78, 5) is 12.2. The van der Waals surface area contributed by atoms with Crippen molar-refractivity contribution >= 4 is 17.3 Å². The Morgan fingerprint density at radius 2 is 2.35 bits per heavy atom. The molecule has 5 heteroatoms. The predicted molar refractivity (Wildman–Crippen MR) is 67.2 cm³/mol. The average molecular weight is 250 g/mol. The van der Waals surface area contributed by atoms with Crippen LogP contribution in [0.4, 0.5) is 0 Å². The van der Waals surface area contributed by atoms with Crippen LogP contribution in [0.3, 0.4) is 0 Å². The van der Waals surface area contributed by atoms with Crippen molar-refractivity contribution in [2.24, 2.45) is 0 Å². The summed E-state index contributed by atoms with van der Waals surface area (Å²) in [5.74, 6) is -0.258. The highest BCUT2D eigenvalue weighted by Gasteiger charge is 2.12. The van der Waals surface area contributed by atoms with Gasteiger partial charge in [-0.1, -0.05) is 0 Å². The number of carbonyl (C=O) groups excluding carboxylic acids is 1. The van der Waals surface area contributed by atoms with Gasteiger partial charge in [0.2, 0.25) is 0 Å². The van der Waals surface area contributed by atoms with Crippen molar-refractivity contribution < 1.29 is 9.53 Å². The largest absolute Gasteiger partial charge is 0.462 e. The first kappa shape index (κ1) is 11.9. The standard InChI is InChI=1S/C12H14N2O2S/c1-3-14-10(5-6-13-14)9-7-11(17-8-9)12(15)16-4-2/h5-8H,3-4H2,1-2H3. The number of ether oxygens (including phenoxy) is 1. The van der Waals surface area contributed by atoms with Crippen LogP contribution in [0.5, 0.6) is 0 Å². The fraction of sp³-hybridized carbons (Fsp3) is 0.333. The molecule has 0 radical (unpaired) electrons. The second-order valence-electron chi connectivity index (χ2n) is 3.45. The lowest BCUT2D eigenvalue weighted by Crippen LogP contribution is -2.02. The molecule has 0 aliphatic carbocycles. The predicted octanol–water partition coefficient (Wildman–Crippen LogP) is 2.81.